The second-order valence-corrected chi connectivity index (χ2v) is 5.80. The third-order valence-corrected chi connectivity index (χ3v) is 3.48. The van der Waals surface area contributed by atoms with Gasteiger partial charge >= 0.3 is 0 Å². The summed E-state index contributed by atoms with van der Waals surface area (Å²) >= 11 is 0. The fourth-order valence-corrected chi connectivity index (χ4v) is 1.88. The van der Waals surface area contributed by atoms with Crippen LogP contribution in [-0.2, 0) is 4.79 Å². The van der Waals surface area contributed by atoms with Gasteiger partial charge < -0.3 is 5.32 Å². The first-order chi connectivity index (χ1) is 11.0. The van der Waals surface area contributed by atoms with E-state index in [1.54, 1.807) is 24.3 Å². The molecule has 2 N–H and O–H groups in total. The summed E-state index contributed by atoms with van der Waals surface area (Å²) < 4.78 is 0. The van der Waals surface area contributed by atoms with Crippen LogP contribution >= 0.6 is 0 Å². The largest absolute Gasteiger partial charge is 0.326 e. The topological polar surface area (TPSA) is 70.6 Å². The Kier molecular flexibility index (Phi) is 8.02. The van der Waals surface area contributed by atoms with Gasteiger partial charge in [0.15, 0.2) is 0 Å². The molecule has 23 heavy (non-hydrogen) atoms. The minimum atomic E-state index is -0.241. The van der Waals surface area contributed by atoms with Crippen LogP contribution in [0.3, 0.4) is 0 Å². The van der Waals surface area contributed by atoms with E-state index in [0.29, 0.717) is 11.3 Å². The van der Waals surface area contributed by atoms with Crippen molar-refractivity contribution >= 4 is 23.2 Å². The van der Waals surface area contributed by atoms with Gasteiger partial charge in [0.2, 0.25) is 5.91 Å². The van der Waals surface area contributed by atoms with Crippen LogP contribution < -0.4 is 10.7 Å². The summed E-state index contributed by atoms with van der Waals surface area (Å²) in [5.74, 6) is -0.368. The Morgan fingerprint density at radius 1 is 1.13 bits per heavy atom. The van der Waals surface area contributed by atoms with Crippen LogP contribution in [-0.4, -0.2) is 17.5 Å². The van der Waals surface area contributed by atoms with Crippen LogP contribution in [0.2, 0.25) is 0 Å². The lowest BCUT2D eigenvalue weighted by atomic mass is 10.1. The summed E-state index contributed by atoms with van der Waals surface area (Å²) in [5.41, 5.74) is 4.80. The highest BCUT2D eigenvalue weighted by molar-refractivity contribution is 5.97. The standard InChI is InChI=1S/C18H27N3O2/c1-5-7-8-15(6-2)20-21-18(23)14-9-11-16(12-10-14)19-17(22)13(3)4/h9-13H,5-8H2,1-4H3,(H,19,22)(H,21,23)/b20-15+. The molecule has 0 aliphatic carbocycles. The van der Waals surface area contributed by atoms with Crippen molar-refractivity contribution in [3.05, 3.63) is 29.8 Å². The molecule has 1 aromatic rings. The summed E-state index contributed by atoms with van der Waals surface area (Å²) in [6, 6.07) is 6.80. The number of hydrazone groups is 1. The minimum absolute atomic E-state index is 0.0460. The molecule has 1 aromatic carbocycles. The molecule has 0 atom stereocenters. The van der Waals surface area contributed by atoms with Crippen molar-refractivity contribution in [2.75, 3.05) is 5.32 Å². The summed E-state index contributed by atoms with van der Waals surface area (Å²) in [4.78, 5) is 23.7. The van der Waals surface area contributed by atoms with Gasteiger partial charge in [-0.15, -0.1) is 0 Å². The van der Waals surface area contributed by atoms with Gasteiger partial charge in [0.05, 0.1) is 0 Å². The summed E-state index contributed by atoms with van der Waals surface area (Å²) in [6.07, 6.45) is 3.93. The Labute approximate surface area is 138 Å². The summed E-state index contributed by atoms with van der Waals surface area (Å²) in [5, 5.41) is 6.99. The fraction of sp³-hybridized carbons (Fsp3) is 0.500. The zero-order valence-corrected chi connectivity index (χ0v) is 14.5. The number of amides is 2. The number of carbonyl (C=O) groups is 2. The Hall–Kier alpha value is -2.17. The first-order valence-electron chi connectivity index (χ1n) is 8.24. The van der Waals surface area contributed by atoms with Gasteiger partial charge in [-0.05, 0) is 43.5 Å². The maximum Gasteiger partial charge on any atom is 0.271 e. The Balaban J connectivity index is 2.63. The number of nitrogens with one attached hydrogen (secondary N) is 2. The molecular weight excluding hydrogens is 290 g/mol. The van der Waals surface area contributed by atoms with Crippen LogP contribution in [0.4, 0.5) is 5.69 Å². The second kappa shape index (κ2) is 9.77. The van der Waals surface area contributed by atoms with Gasteiger partial charge in [-0.25, -0.2) is 5.43 Å². The summed E-state index contributed by atoms with van der Waals surface area (Å²) in [7, 11) is 0. The molecule has 0 saturated carbocycles. The number of carbonyl (C=O) groups excluding carboxylic acids is 2. The maximum atomic E-state index is 12.1. The van der Waals surface area contributed by atoms with Gasteiger partial charge in [0.1, 0.15) is 0 Å². The zero-order valence-electron chi connectivity index (χ0n) is 14.5. The van der Waals surface area contributed by atoms with Crippen molar-refractivity contribution in [1.29, 1.82) is 0 Å². The summed E-state index contributed by atoms with van der Waals surface area (Å²) in [6.45, 7) is 7.83. The molecule has 0 unspecified atom stereocenters. The first kappa shape index (κ1) is 18.9. The molecule has 5 nitrogen and oxygen atoms in total. The predicted molar refractivity (Wildman–Crippen MR) is 94.6 cm³/mol. The molecular formula is C18H27N3O2. The third kappa shape index (κ3) is 6.63. The van der Waals surface area contributed by atoms with Gasteiger partial charge in [-0.2, -0.15) is 5.10 Å². The van der Waals surface area contributed by atoms with E-state index >= 15 is 0 Å². The number of unbranched alkanes of at least 4 members (excludes halogenated alkanes) is 1. The lowest BCUT2D eigenvalue weighted by molar-refractivity contribution is -0.118. The normalized spacial score (nSPS) is 11.4. The van der Waals surface area contributed by atoms with Gasteiger partial charge in [-0.3, -0.25) is 9.59 Å². The highest BCUT2D eigenvalue weighted by Crippen LogP contribution is 2.11. The lowest BCUT2D eigenvalue weighted by Gasteiger charge is -2.08. The van der Waals surface area contributed by atoms with Crippen LogP contribution in [0.15, 0.2) is 29.4 Å². The van der Waals surface area contributed by atoms with E-state index in [-0.39, 0.29) is 17.7 Å². The Bertz CT molecular complexity index is 548. The van der Waals surface area contributed by atoms with Crippen molar-refractivity contribution < 1.29 is 9.59 Å². The quantitative estimate of drug-likeness (QED) is 0.562. The van der Waals surface area contributed by atoms with Crippen LogP contribution in [0.5, 0.6) is 0 Å². The predicted octanol–water partition coefficient (Wildman–Crippen LogP) is 3.97. The van der Waals surface area contributed by atoms with E-state index in [4.69, 9.17) is 0 Å². The molecule has 0 aliphatic rings. The van der Waals surface area contributed by atoms with E-state index in [1.807, 2.05) is 20.8 Å². The van der Waals surface area contributed by atoms with Gasteiger partial charge in [-0.1, -0.05) is 34.1 Å². The maximum absolute atomic E-state index is 12.1. The Morgan fingerprint density at radius 2 is 1.78 bits per heavy atom. The zero-order chi connectivity index (χ0) is 17.2. The van der Waals surface area contributed by atoms with Crippen molar-refractivity contribution in [3.63, 3.8) is 0 Å². The SMILES string of the molecule is CCCC/C(CC)=N/NC(=O)c1ccc(NC(=O)C(C)C)cc1. The fourth-order valence-electron chi connectivity index (χ4n) is 1.88. The van der Waals surface area contributed by atoms with Crippen molar-refractivity contribution in [3.8, 4) is 0 Å². The Morgan fingerprint density at radius 3 is 2.30 bits per heavy atom. The molecule has 1 rings (SSSR count). The molecule has 0 aromatic heterocycles. The first-order valence-corrected chi connectivity index (χ1v) is 8.24. The number of anilines is 1. The third-order valence-electron chi connectivity index (χ3n) is 3.48. The van der Waals surface area contributed by atoms with Crippen molar-refractivity contribution in [2.24, 2.45) is 11.0 Å². The van der Waals surface area contributed by atoms with E-state index in [1.165, 1.54) is 0 Å². The average Bonchev–Trinajstić information content (AvgIpc) is 2.55. The van der Waals surface area contributed by atoms with E-state index < -0.39 is 0 Å². The molecule has 0 radical (unpaired) electrons. The number of hydrogen-bond donors (Lipinski definition) is 2. The molecule has 5 heteroatoms. The van der Waals surface area contributed by atoms with Crippen LogP contribution in [0.25, 0.3) is 0 Å². The molecule has 126 valence electrons. The highest BCUT2D eigenvalue weighted by Gasteiger charge is 2.08. The number of hydrogen-bond acceptors (Lipinski definition) is 3. The number of benzene rings is 1. The molecule has 0 bridgehead atoms. The molecule has 2 amide bonds. The number of rotatable bonds is 8. The van der Waals surface area contributed by atoms with E-state index in [9.17, 15) is 9.59 Å². The number of nitrogens with zero attached hydrogens (tertiary/aromatic N) is 1. The monoisotopic (exact) mass is 317 g/mol. The van der Waals surface area contributed by atoms with Crippen LogP contribution in [0.1, 0.15) is 63.7 Å². The van der Waals surface area contributed by atoms with E-state index in [0.717, 1.165) is 31.4 Å². The van der Waals surface area contributed by atoms with Gasteiger partial charge in [0, 0.05) is 22.9 Å². The van der Waals surface area contributed by atoms with Gasteiger partial charge in [0.25, 0.3) is 5.91 Å². The van der Waals surface area contributed by atoms with Crippen molar-refractivity contribution in [2.45, 2.75) is 53.4 Å². The van der Waals surface area contributed by atoms with Crippen molar-refractivity contribution in [1.82, 2.24) is 5.43 Å². The van der Waals surface area contributed by atoms with E-state index in [2.05, 4.69) is 22.8 Å². The molecule has 0 fully saturated rings. The molecule has 0 spiro atoms. The lowest BCUT2D eigenvalue weighted by Crippen LogP contribution is -2.20. The molecule has 0 aliphatic heterocycles. The smallest absolute Gasteiger partial charge is 0.271 e. The molecule has 0 heterocycles. The highest BCUT2D eigenvalue weighted by atomic mass is 16.2. The second-order valence-electron chi connectivity index (χ2n) is 5.80. The average molecular weight is 317 g/mol. The molecule has 0 saturated heterocycles. The van der Waals surface area contributed by atoms with Crippen LogP contribution in [0, 0.1) is 5.92 Å². The minimum Gasteiger partial charge on any atom is -0.326 e.